The van der Waals surface area contributed by atoms with E-state index in [2.05, 4.69) is 11.8 Å². The standard InChI is InChI=1S/C7H15N.C5H7NO2.CH4/c1-2-8-6-4-3-5-7-8;1-6-4(7)2-3-5(6)8;/h2-7H2,1H3;2-3H2,1H3;1H4. The topological polar surface area (TPSA) is 40.6 Å². The average molecular weight is 242 g/mol. The van der Waals surface area contributed by atoms with Gasteiger partial charge in [0.15, 0.2) is 0 Å². The van der Waals surface area contributed by atoms with E-state index in [4.69, 9.17) is 0 Å². The van der Waals surface area contributed by atoms with Crippen LogP contribution in [0.2, 0.25) is 0 Å². The first-order valence-corrected chi connectivity index (χ1v) is 6.17. The number of hydrogen-bond acceptors (Lipinski definition) is 3. The lowest BCUT2D eigenvalue weighted by Crippen LogP contribution is -2.29. The summed E-state index contributed by atoms with van der Waals surface area (Å²) in [4.78, 5) is 24.7. The third kappa shape index (κ3) is 5.31. The fraction of sp³-hybridized carbons (Fsp3) is 0.846. The Balaban J connectivity index is 0.000000284. The van der Waals surface area contributed by atoms with E-state index in [1.165, 1.54) is 50.8 Å². The molecule has 0 spiro atoms. The molecule has 2 aliphatic heterocycles. The van der Waals surface area contributed by atoms with Gasteiger partial charge in [0.2, 0.25) is 11.8 Å². The number of likely N-dealkylation sites (tertiary alicyclic amines) is 2. The molecule has 2 amide bonds. The summed E-state index contributed by atoms with van der Waals surface area (Å²) in [6.07, 6.45) is 5.10. The molecule has 2 rings (SSSR count). The van der Waals surface area contributed by atoms with Crippen molar-refractivity contribution in [1.29, 1.82) is 0 Å². The molecule has 0 atom stereocenters. The van der Waals surface area contributed by atoms with E-state index < -0.39 is 0 Å². The molecule has 2 saturated heterocycles. The van der Waals surface area contributed by atoms with E-state index in [1.807, 2.05) is 0 Å². The summed E-state index contributed by atoms with van der Waals surface area (Å²) in [5.41, 5.74) is 0. The highest BCUT2D eigenvalue weighted by atomic mass is 16.2. The number of amides is 2. The van der Waals surface area contributed by atoms with Crippen LogP contribution in [0.25, 0.3) is 0 Å². The highest BCUT2D eigenvalue weighted by molar-refractivity contribution is 6.01. The third-order valence-corrected chi connectivity index (χ3v) is 3.20. The molecule has 0 radical (unpaired) electrons. The average Bonchev–Trinajstić information content (AvgIpc) is 2.62. The molecular weight excluding hydrogens is 216 g/mol. The first-order valence-electron chi connectivity index (χ1n) is 6.17. The zero-order valence-electron chi connectivity index (χ0n) is 10.4. The quantitative estimate of drug-likeness (QED) is 0.659. The van der Waals surface area contributed by atoms with E-state index in [0.717, 1.165) is 0 Å². The van der Waals surface area contributed by atoms with Gasteiger partial charge in [-0.3, -0.25) is 14.5 Å². The van der Waals surface area contributed by atoms with Crippen molar-refractivity contribution in [3.8, 4) is 0 Å². The van der Waals surface area contributed by atoms with E-state index in [9.17, 15) is 9.59 Å². The maximum atomic E-state index is 10.5. The molecule has 0 N–H and O–H groups in total. The summed E-state index contributed by atoms with van der Waals surface area (Å²) in [7, 11) is 1.51. The van der Waals surface area contributed by atoms with Crippen molar-refractivity contribution in [2.24, 2.45) is 0 Å². The van der Waals surface area contributed by atoms with E-state index in [0.29, 0.717) is 12.8 Å². The minimum Gasteiger partial charge on any atom is -0.304 e. The molecule has 4 heteroatoms. The predicted octanol–water partition coefficient (Wildman–Crippen LogP) is 1.89. The van der Waals surface area contributed by atoms with Crippen molar-refractivity contribution < 1.29 is 9.59 Å². The minimum absolute atomic E-state index is 0. The van der Waals surface area contributed by atoms with Gasteiger partial charge in [-0.05, 0) is 32.5 Å². The Morgan fingerprint density at radius 2 is 1.47 bits per heavy atom. The third-order valence-electron chi connectivity index (χ3n) is 3.20. The molecule has 0 aromatic carbocycles. The molecule has 4 nitrogen and oxygen atoms in total. The van der Waals surface area contributed by atoms with E-state index in [-0.39, 0.29) is 19.2 Å². The minimum atomic E-state index is -0.0602. The van der Waals surface area contributed by atoms with Crippen molar-refractivity contribution in [2.75, 3.05) is 26.7 Å². The van der Waals surface area contributed by atoms with Gasteiger partial charge in [0.1, 0.15) is 0 Å². The Hall–Kier alpha value is -0.900. The van der Waals surface area contributed by atoms with Crippen LogP contribution in [0, 0.1) is 0 Å². The summed E-state index contributed by atoms with van der Waals surface area (Å²) in [6.45, 7) is 6.18. The number of rotatable bonds is 1. The number of imide groups is 1. The van der Waals surface area contributed by atoms with Crippen molar-refractivity contribution in [3.63, 3.8) is 0 Å². The number of nitrogens with zero attached hydrogens (tertiary/aromatic N) is 2. The van der Waals surface area contributed by atoms with Crippen LogP contribution in [-0.2, 0) is 9.59 Å². The highest BCUT2D eigenvalue weighted by Crippen LogP contribution is 2.07. The van der Waals surface area contributed by atoms with E-state index in [1.54, 1.807) is 0 Å². The van der Waals surface area contributed by atoms with Crippen LogP contribution in [0.1, 0.15) is 46.5 Å². The number of piperidine rings is 1. The molecule has 0 bridgehead atoms. The molecule has 0 aromatic rings. The summed E-state index contributed by atoms with van der Waals surface area (Å²) in [5.74, 6) is -0.120. The molecule has 17 heavy (non-hydrogen) atoms. The number of carbonyl (C=O) groups is 2. The lowest BCUT2D eigenvalue weighted by molar-refractivity contribution is -0.136. The maximum Gasteiger partial charge on any atom is 0.229 e. The van der Waals surface area contributed by atoms with Crippen LogP contribution in [0.15, 0.2) is 0 Å². The van der Waals surface area contributed by atoms with Crippen LogP contribution >= 0.6 is 0 Å². The molecular formula is C13H26N2O2. The van der Waals surface area contributed by atoms with Crippen molar-refractivity contribution in [1.82, 2.24) is 9.80 Å². The van der Waals surface area contributed by atoms with Crippen LogP contribution in [0.5, 0.6) is 0 Å². The van der Waals surface area contributed by atoms with Gasteiger partial charge in [0, 0.05) is 19.9 Å². The van der Waals surface area contributed by atoms with Gasteiger partial charge in [-0.2, -0.15) is 0 Å². The molecule has 2 aliphatic rings. The Labute approximate surface area is 105 Å². The van der Waals surface area contributed by atoms with Crippen molar-refractivity contribution in [2.45, 2.75) is 46.5 Å². The smallest absolute Gasteiger partial charge is 0.229 e. The van der Waals surface area contributed by atoms with Gasteiger partial charge >= 0.3 is 0 Å². The first-order chi connectivity index (χ1) is 7.65. The second-order valence-electron chi connectivity index (χ2n) is 4.34. The largest absolute Gasteiger partial charge is 0.304 e. The normalized spacial score (nSPS) is 20.7. The number of carbonyl (C=O) groups excluding carboxylic acids is 2. The number of hydrogen-bond donors (Lipinski definition) is 0. The highest BCUT2D eigenvalue weighted by Gasteiger charge is 2.24. The fourth-order valence-electron chi connectivity index (χ4n) is 1.96. The fourth-order valence-corrected chi connectivity index (χ4v) is 1.96. The zero-order valence-corrected chi connectivity index (χ0v) is 10.4. The predicted molar refractivity (Wildman–Crippen MR) is 69.7 cm³/mol. The van der Waals surface area contributed by atoms with Crippen LogP contribution in [-0.4, -0.2) is 48.3 Å². The Kier molecular flexibility index (Phi) is 7.79. The molecule has 0 aliphatic carbocycles. The lowest BCUT2D eigenvalue weighted by atomic mass is 10.1. The summed E-state index contributed by atoms with van der Waals surface area (Å²) in [5, 5.41) is 0. The first kappa shape index (κ1) is 16.1. The van der Waals surface area contributed by atoms with Gasteiger partial charge in [-0.25, -0.2) is 0 Å². The van der Waals surface area contributed by atoms with Crippen LogP contribution < -0.4 is 0 Å². The van der Waals surface area contributed by atoms with Crippen LogP contribution in [0.3, 0.4) is 0 Å². The second kappa shape index (κ2) is 8.23. The summed E-state index contributed by atoms with van der Waals surface area (Å²) >= 11 is 0. The van der Waals surface area contributed by atoms with Crippen LogP contribution in [0.4, 0.5) is 0 Å². The molecule has 0 aromatic heterocycles. The van der Waals surface area contributed by atoms with Crippen molar-refractivity contribution >= 4 is 11.8 Å². The van der Waals surface area contributed by atoms with Gasteiger partial charge in [0.05, 0.1) is 0 Å². The second-order valence-corrected chi connectivity index (χ2v) is 4.34. The molecule has 0 unspecified atom stereocenters. The van der Waals surface area contributed by atoms with Gasteiger partial charge < -0.3 is 4.90 Å². The Morgan fingerprint density at radius 1 is 1.00 bits per heavy atom. The molecule has 2 fully saturated rings. The maximum absolute atomic E-state index is 10.5. The molecule has 2 heterocycles. The molecule has 0 saturated carbocycles. The van der Waals surface area contributed by atoms with Gasteiger partial charge in [0.25, 0.3) is 0 Å². The zero-order chi connectivity index (χ0) is 12.0. The van der Waals surface area contributed by atoms with Gasteiger partial charge in [-0.15, -0.1) is 0 Å². The monoisotopic (exact) mass is 242 g/mol. The summed E-state index contributed by atoms with van der Waals surface area (Å²) in [6, 6.07) is 0. The Bertz CT molecular complexity index is 232. The van der Waals surface area contributed by atoms with E-state index >= 15 is 0 Å². The lowest BCUT2D eigenvalue weighted by Gasteiger charge is -2.24. The SMILES string of the molecule is C.CCN1CCCCC1.CN1C(=O)CCC1=O. The summed E-state index contributed by atoms with van der Waals surface area (Å²) < 4.78 is 0. The molecule has 100 valence electrons. The Morgan fingerprint density at radius 3 is 1.71 bits per heavy atom. The van der Waals surface area contributed by atoms with Gasteiger partial charge in [-0.1, -0.05) is 20.8 Å². The van der Waals surface area contributed by atoms with Crippen molar-refractivity contribution in [3.05, 3.63) is 0 Å².